The van der Waals surface area contributed by atoms with Crippen LogP contribution in [0.3, 0.4) is 0 Å². The number of Topliss-reactive ketones (excluding diaryl/α,β-unsaturated/α-hetero) is 1. The second-order valence-electron chi connectivity index (χ2n) is 7.16. The van der Waals surface area contributed by atoms with Crippen LogP contribution in [0, 0.1) is 0 Å². The van der Waals surface area contributed by atoms with Crippen molar-refractivity contribution in [3.05, 3.63) is 63.1 Å². The minimum atomic E-state index is -4.50. The third-order valence-electron chi connectivity index (χ3n) is 5.11. The Morgan fingerprint density at radius 2 is 1.83 bits per heavy atom. The average Bonchev–Trinajstić information content (AvgIpc) is 2.67. The van der Waals surface area contributed by atoms with Gasteiger partial charge in [0.05, 0.1) is 5.56 Å². The molecule has 0 saturated carbocycles. The number of nitrogens with zero attached hydrogens (tertiary/aromatic N) is 1. The number of alkyl halides is 3. The number of amides is 1. The zero-order chi connectivity index (χ0) is 21.3. The Hall–Kier alpha value is -2.90. The molecule has 1 N–H and O–H groups in total. The molecule has 0 bridgehead atoms. The Balaban J connectivity index is 2.18. The Bertz CT molecular complexity index is 1010. The molecular formula is C21H21F3N2O3. The molecule has 0 aliphatic heterocycles. The number of halogens is 3. The van der Waals surface area contributed by atoms with E-state index in [0.29, 0.717) is 31.4 Å². The molecule has 8 heteroatoms. The molecule has 1 atom stereocenters. The van der Waals surface area contributed by atoms with Crippen molar-refractivity contribution in [1.82, 2.24) is 9.88 Å². The Morgan fingerprint density at radius 3 is 2.41 bits per heavy atom. The highest BCUT2D eigenvalue weighted by atomic mass is 19.4. The molecule has 1 aliphatic carbocycles. The number of rotatable bonds is 4. The van der Waals surface area contributed by atoms with E-state index in [1.54, 1.807) is 6.92 Å². The number of benzene rings is 1. The highest BCUT2D eigenvalue weighted by molar-refractivity contribution is 6.02. The topological polar surface area (TPSA) is 68.2 Å². The molecular weight excluding hydrogens is 385 g/mol. The van der Waals surface area contributed by atoms with Crippen molar-refractivity contribution in [3.8, 4) is 5.69 Å². The number of carbonyl (C=O) groups excluding carboxylic acids is 2. The van der Waals surface area contributed by atoms with Crippen molar-refractivity contribution < 1.29 is 22.8 Å². The zero-order valence-electron chi connectivity index (χ0n) is 16.1. The zero-order valence-corrected chi connectivity index (χ0v) is 16.1. The van der Waals surface area contributed by atoms with Gasteiger partial charge in [-0.25, -0.2) is 0 Å². The van der Waals surface area contributed by atoms with E-state index in [1.165, 1.54) is 22.8 Å². The van der Waals surface area contributed by atoms with Gasteiger partial charge in [-0.15, -0.1) is 0 Å². The van der Waals surface area contributed by atoms with Crippen LogP contribution in [0.4, 0.5) is 13.2 Å². The molecule has 0 spiro atoms. The van der Waals surface area contributed by atoms with Crippen LogP contribution in [-0.4, -0.2) is 22.3 Å². The fraction of sp³-hybridized carbons (Fsp3) is 0.381. The summed E-state index contributed by atoms with van der Waals surface area (Å²) >= 11 is 0. The van der Waals surface area contributed by atoms with E-state index >= 15 is 0 Å². The lowest BCUT2D eigenvalue weighted by atomic mass is 9.92. The van der Waals surface area contributed by atoms with Gasteiger partial charge < -0.3 is 5.32 Å². The molecule has 3 rings (SSSR count). The van der Waals surface area contributed by atoms with Gasteiger partial charge >= 0.3 is 6.18 Å². The summed E-state index contributed by atoms with van der Waals surface area (Å²) < 4.78 is 39.8. The number of nitrogens with one attached hydrogen (secondary N) is 1. The molecule has 29 heavy (non-hydrogen) atoms. The van der Waals surface area contributed by atoms with Crippen LogP contribution in [0.2, 0.25) is 0 Å². The van der Waals surface area contributed by atoms with E-state index in [1.807, 2.05) is 6.92 Å². The third kappa shape index (κ3) is 4.11. The summed E-state index contributed by atoms with van der Waals surface area (Å²) in [4.78, 5) is 38.1. The lowest BCUT2D eigenvalue weighted by Crippen LogP contribution is -2.39. The third-order valence-corrected chi connectivity index (χ3v) is 5.11. The highest BCUT2D eigenvalue weighted by Crippen LogP contribution is 2.30. The maximum absolute atomic E-state index is 13.1. The number of hydrogen-bond donors (Lipinski definition) is 1. The minimum Gasteiger partial charge on any atom is -0.349 e. The predicted octanol–water partition coefficient (Wildman–Crippen LogP) is 3.90. The predicted molar refractivity (Wildman–Crippen MR) is 102 cm³/mol. The van der Waals surface area contributed by atoms with Gasteiger partial charge in [-0.05, 0) is 56.5 Å². The first kappa shape index (κ1) is 20.8. The van der Waals surface area contributed by atoms with Gasteiger partial charge in [0.1, 0.15) is 5.56 Å². The summed E-state index contributed by atoms with van der Waals surface area (Å²) in [6, 6.07) is 5.26. The number of hydrogen-bond acceptors (Lipinski definition) is 3. The second kappa shape index (κ2) is 7.85. The van der Waals surface area contributed by atoms with E-state index in [2.05, 4.69) is 5.32 Å². The van der Waals surface area contributed by atoms with Crippen molar-refractivity contribution >= 4 is 11.7 Å². The number of aromatic nitrogens is 1. The molecule has 154 valence electrons. The van der Waals surface area contributed by atoms with E-state index in [-0.39, 0.29) is 28.6 Å². The van der Waals surface area contributed by atoms with Crippen molar-refractivity contribution in [2.45, 2.75) is 51.7 Å². The normalized spacial score (nSPS) is 15.0. The largest absolute Gasteiger partial charge is 0.416 e. The quantitative estimate of drug-likeness (QED) is 0.837. The fourth-order valence-corrected chi connectivity index (χ4v) is 3.33. The Labute approximate surface area is 165 Å². The van der Waals surface area contributed by atoms with Crippen LogP contribution in [0.25, 0.3) is 5.69 Å². The maximum Gasteiger partial charge on any atom is 0.416 e. The van der Waals surface area contributed by atoms with Crippen LogP contribution >= 0.6 is 0 Å². The maximum atomic E-state index is 13.1. The molecule has 5 nitrogen and oxygen atoms in total. The Morgan fingerprint density at radius 1 is 1.17 bits per heavy atom. The van der Waals surface area contributed by atoms with Crippen molar-refractivity contribution in [1.29, 1.82) is 0 Å². The summed E-state index contributed by atoms with van der Waals surface area (Å²) in [5, 5.41) is 2.70. The van der Waals surface area contributed by atoms with Crippen LogP contribution in [-0.2, 0) is 12.6 Å². The monoisotopic (exact) mass is 406 g/mol. The summed E-state index contributed by atoms with van der Waals surface area (Å²) in [7, 11) is 0. The second-order valence-corrected chi connectivity index (χ2v) is 7.16. The lowest BCUT2D eigenvalue weighted by molar-refractivity contribution is -0.137. The first-order valence-corrected chi connectivity index (χ1v) is 9.44. The fourth-order valence-electron chi connectivity index (χ4n) is 3.33. The van der Waals surface area contributed by atoms with Gasteiger partial charge in [0.25, 0.3) is 11.5 Å². The number of ketones is 1. The average molecular weight is 406 g/mol. The Kier molecular flexibility index (Phi) is 5.64. The first-order chi connectivity index (χ1) is 13.6. The summed E-state index contributed by atoms with van der Waals surface area (Å²) in [6.45, 7) is 3.66. The SMILES string of the molecule is CCC(C)NC(=O)c1cc2c(n(-c3ccc(C(F)(F)F)cc3)c1=O)CCCC2=O. The summed E-state index contributed by atoms with van der Waals surface area (Å²) in [6.07, 6.45) is -2.60. The molecule has 0 radical (unpaired) electrons. The van der Waals surface area contributed by atoms with E-state index in [9.17, 15) is 27.6 Å². The summed E-state index contributed by atoms with van der Waals surface area (Å²) in [5.41, 5.74) is -0.814. The van der Waals surface area contributed by atoms with Gasteiger partial charge in [0, 0.05) is 29.4 Å². The van der Waals surface area contributed by atoms with Crippen LogP contribution in [0.1, 0.15) is 65.1 Å². The van der Waals surface area contributed by atoms with Gasteiger partial charge in [0.15, 0.2) is 5.78 Å². The van der Waals surface area contributed by atoms with E-state index < -0.39 is 23.2 Å². The molecule has 2 aromatic rings. The first-order valence-electron chi connectivity index (χ1n) is 9.44. The minimum absolute atomic E-state index is 0.173. The highest BCUT2D eigenvalue weighted by Gasteiger charge is 2.31. The standard InChI is InChI=1S/C21H21F3N2O3/c1-3-12(2)25-19(28)16-11-15-17(5-4-6-18(15)27)26(20(16)29)14-9-7-13(8-10-14)21(22,23)24/h7-12H,3-6H2,1-2H3,(H,25,28). The van der Waals surface area contributed by atoms with Crippen LogP contribution in [0.5, 0.6) is 0 Å². The van der Waals surface area contributed by atoms with Crippen molar-refractivity contribution in [2.24, 2.45) is 0 Å². The molecule has 1 heterocycles. The molecule has 1 amide bonds. The molecule has 1 aromatic heterocycles. The lowest BCUT2D eigenvalue weighted by Gasteiger charge is -2.22. The van der Waals surface area contributed by atoms with Crippen molar-refractivity contribution in [3.63, 3.8) is 0 Å². The van der Waals surface area contributed by atoms with Gasteiger partial charge in [-0.1, -0.05) is 6.92 Å². The van der Waals surface area contributed by atoms with Gasteiger partial charge in [0.2, 0.25) is 0 Å². The van der Waals surface area contributed by atoms with E-state index in [4.69, 9.17) is 0 Å². The molecule has 1 aromatic carbocycles. The molecule has 1 aliphatic rings. The van der Waals surface area contributed by atoms with E-state index in [0.717, 1.165) is 12.1 Å². The number of fused-ring (bicyclic) bond motifs is 1. The molecule has 0 fully saturated rings. The number of carbonyl (C=O) groups is 2. The smallest absolute Gasteiger partial charge is 0.349 e. The van der Waals surface area contributed by atoms with Crippen molar-refractivity contribution in [2.75, 3.05) is 0 Å². The van der Waals surface area contributed by atoms with Gasteiger partial charge in [-0.3, -0.25) is 19.0 Å². The number of pyridine rings is 1. The van der Waals surface area contributed by atoms with Crippen LogP contribution in [0.15, 0.2) is 35.1 Å². The molecule has 0 saturated heterocycles. The summed E-state index contributed by atoms with van der Waals surface area (Å²) in [5.74, 6) is -0.796. The van der Waals surface area contributed by atoms with Gasteiger partial charge in [-0.2, -0.15) is 13.2 Å². The van der Waals surface area contributed by atoms with Crippen LogP contribution < -0.4 is 10.9 Å². The molecule has 1 unspecified atom stereocenters.